The molecule has 2 aliphatic rings. The van der Waals surface area contributed by atoms with Crippen molar-refractivity contribution < 1.29 is 24.4 Å². The van der Waals surface area contributed by atoms with E-state index in [9.17, 15) is 10.2 Å². The van der Waals surface area contributed by atoms with Gasteiger partial charge in [-0.1, -0.05) is 0 Å². The number of rotatable bonds is 5. The summed E-state index contributed by atoms with van der Waals surface area (Å²) in [5.41, 5.74) is 4.28. The molecule has 0 unspecified atom stereocenters. The minimum atomic E-state index is -0.213. The van der Waals surface area contributed by atoms with E-state index in [0.717, 1.165) is 22.6 Å². The summed E-state index contributed by atoms with van der Waals surface area (Å²) < 4.78 is 16.6. The Kier molecular flexibility index (Phi) is 4.79. The van der Waals surface area contributed by atoms with Crippen LogP contribution in [0.5, 0.6) is 17.2 Å². The molecule has 0 atom stereocenters. The SMILES string of the molecule is COc1cc(C2=NCN=C2c2ccc3c(c2)OCCO3)cc(CO)c1CO. The summed E-state index contributed by atoms with van der Waals surface area (Å²) in [6, 6.07) is 9.32. The van der Waals surface area contributed by atoms with Crippen LogP contribution in [0.4, 0.5) is 0 Å². The zero-order chi connectivity index (χ0) is 18.8. The van der Waals surface area contributed by atoms with Gasteiger partial charge in [-0.3, -0.25) is 9.98 Å². The summed E-state index contributed by atoms with van der Waals surface area (Å²) in [6.45, 7) is 0.973. The van der Waals surface area contributed by atoms with Crippen molar-refractivity contribution in [2.45, 2.75) is 13.2 Å². The van der Waals surface area contributed by atoms with Crippen LogP contribution in [-0.2, 0) is 13.2 Å². The van der Waals surface area contributed by atoms with Crippen LogP contribution in [0.25, 0.3) is 0 Å². The summed E-state index contributed by atoms with van der Waals surface area (Å²) >= 11 is 0. The molecule has 0 saturated carbocycles. The summed E-state index contributed by atoms with van der Waals surface area (Å²) in [7, 11) is 1.53. The molecule has 27 heavy (non-hydrogen) atoms. The molecule has 2 aromatic rings. The maximum absolute atomic E-state index is 9.68. The molecule has 0 radical (unpaired) electrons. The molecule has 4 rings (SSSR count). The van der Waals surface area contributed by atoms with E-state index in [-0.39, 0.29) is 13.2 Å². The Morgan fingerprint density at radius 2 is 1.67 bits per heavy atom. The van der Waals surface area contributed by atoms with Crippen molar-refractivity contribution >= 4 is 11.4 Å². The van der Waals surface area contributed by atoms with Crippen LogP contribution in [0.3, 0.4) is 0 Å². The Bertz CT molecular complexity index is 911. The van der Waals surface area contributed by atoms with Gasteiger partial charge in [-0.05, 0) is 35.9 Å². The molecular formula is C20H20N2O5. The van der Waals surface area contributed by atoms with E-state index < -0.39 is 0 Å². The fourth-order valence-corrected chi connectivity index (χ4v) is 3.32. The average molecular weight is 368 g/mol. The number of aliphatic imine (C=N–C) groups is 2. The van der Waals surface area contributed by atoms with Crippen LogP contribution in [0.1, 0.15) is 22.3 Å². The predicted molar refractivity (Wildman–Crippen MR) is 100 cm³/mol. The molecule has 7 nitrogen and oxygen atoms in total. The third-order valence-electron chi connectivity index (χ3n) is 4.62. The van der Waals surface area contributed by atoms with Gasteiger partial charge >= 0.3 is 0 Å². The quantitative estimate of drug-likeness (QED) is 0.838. The molecule has 2 heterocycles. The van der Waals surface area contributed by atoms with Gasteiger partial charge in [-0.25, -0.2) is 0 Å². The van der Waals surface area contributed by atoms with E-state index >= 15 is 0 Å². The van der Waals surface area contributed by atoms with Crippen molar-refractivity contribution in [1.29, 1.82) is 0 Å². The van der Waals surface area contributed by atoms with E-state index in [1.807, 2.05) is 30.3 Å². The fourth-order valence-electron chi connectivity index (χ4n) is 3.32. The third-order valence-corrected chi connectivity index (χ3v) is 4.62. The molecular weight excluding hydrogens is 348 g/mol. The number of aliphatic hydroxyl groups is 2. The number of benzene rings is 2. The second-order valence-corrected chi connectivity index (χ2v) is 6.15. The van der Waals surface area contributed by atoms with Gasteiger partial charge in [0.05, 0.1) is 31.7 Å². The highest BCUT2D eigenvalue weighted by atomic mass is 16.6. The Labute approximate surface area is 156 Å². The fraction of sp³-hybridized carbons (Fsp3) is 0.300. The lowest BCUT2D eigenvalue weighted by Crippen LogP contribution is -2.18. The van der Waals surface area contributed by atoms with Gasteiger partial charge in [0.1, 0.15) is 25.6 Å². The first-order chi connectivity index (χ1) is 13.2. The number of methoxy groups -OCH3 is 1. The smallest absolute Gasteiger partial charge is 0.162 e. The van der Waals surface area contributed by atoms with Crippen molar-refractivity contribution in [3.05, 3.63) is 52.6 Å². The largest absolute Gasteiger partial charge is 0.496 e. The number of hydrogen-bond donors (Lipinski definition) is 2. The van der Waals surface area contributed by atoms with Crippen molar-refractivity contribution in [1.82, 2.24) is 0 Å². The summed E-state index contributed by atoms with van der Waals surface area (Å²) in [4.78, 5) is 9.05. The second kappa shape index (κ2) is 7.38. The highest BCUT2D eigenvalue weighted by Crippen LogP contribution is 2.32. The first-order valence-electron chi connectivity index (χ1n) is 8.66. The zero-order valence-electron chi connectivity index (χ0n) is 14.9. The molecule has 0 bridgehead atoms. The van der Waals surface area contributed by atoms with Crippen molar-refractivity contribution in [2.24, 2.45) is 9.98 Å². The van der Waals surface area contributed by atoms with Crippen LogP contribution >= 0.6 is 0 Å². The minimum Gasteiger partial charge on any atom is -0.496 e. The Morgan fingerprint density at radius 3 is 2.37 bits per heavy atom. The lowest BCUT2D eigenvalue weighted by Gasteiger charge is -2.19. The minimum absolute atomic E-state index is 0.204. The van der Waals surface area contributed by atoms with Crippen LogP contribution in [0.15, 0.2) is 40.3 Å². The lowest BCUT2D eigenvalue weighted by molar-refractivity contribution is 0.171. The van der Waals surface area contributed by atoms with E-state index in [1.54, 1.807) is 0 Å². The molecule has 0 aromatic heterocycles. The number of ether oxygens (including phenoxy) is 3. The summed E-state index contributed by atoms with van der Waals surface area (Å²) in [5.74, 6) is 1.92. The van der Waals surface area contributed by atoms with Gasteiger partial charge in [0.2, 0.25) is 0 Å². The van der Waals surface area contributed by atoms with E-state index in [4.69, 9.17) is 14.2 Å². The van der Waals surface area contributed by atoms with E-state index in [1.165, 1.54) is 7.11 Å². The van der Waals surface area contributed by atoms with Gasteiger partial charge in [0.15, 0.2) is 11.5 Å². The molecule has 0 saturated heterocycles. The van der Waals surface area contributed by atoms with E-state index in [0.29, 0.717) is 48.2 Å². The third kappa shape index (κ3) is 3.15. The highest BCUT2D eigenvalue weighted by Gasteiger charge is 2.23. The van der Waals surface area contributed by atoms with Crippen molar-refractivity contribution in [2.75, 3.05) is 27.0 Å². The van der Waals surface area contributed by atoms with Crippen molar-refractivity contribution in [3.63, 3.8) is 0 Å². The zero-order valence-corrected chi connectivity index (χ0v) is 14.9. The molecule has 0 spiro atoms. The molecule has 7 heteroatoms. The lowest BCUT2D eigenvalue weighted by atomic mass is 9.95. The molecule has 2 aromatic carbocycles. The van der Waals surface area contributed by atoms with Crippen LogP contribution in [-0.4, -0.2) is 48.6 Å². The van der Waals surface area contributed by atoms with Gasteiger partial charge in [-0.15, -0.1) is 0 Å². The molecule has 0 fully saturated rings. The highest BCUT2D eigenvalue weighted by molar-refractivity contribution is 6.54. The first kappa shape index (κ1) is 17.5. The second-order valence-electron chi connectivity index (χ2n) is 6.15. The predicted octanol–water partition coefficient (Wildman–Crippen LogP) is 1.70. The Hall–Kier alpha value is -2.90. The maximum atomic E-state index is 9.68. The monoisotopic (exact) mass is 368 g/mol. The van der Waals surface area contributed by atoms with Gasteiger partial charge < -0.3 is 24.4 Å². The topological polar surface area (TPSA) is 92.9 Å². The average Bonchev–Trinajstić information content (AvgIpc) is 3.22. The van der Waals surface area contributed by atoms with Gasteiger partial charge in [-0.2, -0.15) is 0 Å². The van der Waals surface area contributed by atoms with Crippen LogP contribution < -0.4 is 14.2 Å². The molecule has 0 amide bonds. The number of nitrogens with zero attached hydrogens (tertiary/aromatic N) is 2. The summed E-state index contributed by atoms with van der Waals surface area (Å²) in [5, 5.41) is 19.3. The van der Waals surface area contributed by atoms with Crippen molar-refractivity contribution in [3.8, 4) is 17.2 Å². The first-order valence-corrected chi connectivity index (χ1v) is 8.66. The number of aliphatic hydroxyl groups excluding tert-OH is 2. The van der Waals surface area contributed by atoms with Crippen LogP contribution in [0.2, 0.25) is 0 Å². The standard InChI is InChI=1S/C20H20N2O5/c1-25-17-8-13(6-14(9-23)15(17)10-24)20-19(21-11-22-20)12-2-3-16-18(7-12)27-5-4-26-16/h2-3,6-8,23-24H,4-5,9-11H2,1H3. The normalized spacial score (nSPS) is 15.4. The van der Waals surface area contributed by atoms with Gasteiger partial charge in [0.25, 0.3) is 0 Å². The van der Waals surface area contributed by atoms with Crippen LogP contribution in [0, 0.1) is 0 Å². The molecule has 140 valence electrons. The molecule has 0 aliphatic carbocycles. The Balaban J connectivity index is 1.74. The molecule has 2 aliphatic heterocycles. The maximum Gasteiger partial charge on any atom is 0.162 e. The van der Waals surface area contributed by atoms with E-state index in [2.05, 4.69) is 9.98 Å². The number of fused-ring (bicyclic) bond motifs is 1. The number of hydrogen-bond acceptors (Lipinski definition) is 7. The Morgan fingerprint density at radius 1 is 0.926 bits per heavy atom. The van der Waals surface area contributed by atoms with Gasteiger partial charge in [0, 0.05) is 16.7 Å². The summed E-state index contributed by atoms with van der Waals surface area (Å²) in [6.07, 6.45) is 0. The molecule has 2 N–H and O–H groups in total.